The number of rotatable bonds is 3. The number of aryl methyl sites for hydroxylation is 2. The Balaban J connectivity index is 2.26. The van der Waals surface area contributed by atoms with Gasteiger partial charge in [0.15, 0.2) is 0 Å². The quantitative estimate of drug-likeness (QED) is 0.691. The number of allylic oxidation sites excluding steroid dienone is 1. The number of benzene rings is 2. The minimum atomic E-state index is -0.0603. The van der Waals surface area contributed by atoms with Crippen molar-refractivity contribution >= 4 is 11.0 Å². The van der Waals surface area contributed by atoms with Crippen molar-refractivity contribution in [3.05, 3.63) is 70.2 Å². The molecule has 2 aromatic carbocycles. The monoisotopic (exact) mass is 317 g/mol. The molecule has 0 N–H and O–H groups in total. The third-order valence-electron chi connectivity index (χ3n) is 4.18. The van der Waals surface area contributed by atoms with Gasteiger partial charge in [-0.15, -0.1) is 0 Å². The Hall–Kier alpha value is -3.06. The van der Waals surface area contributed by atoms with E-state index in [0.29, 0.717) is 12.1 Å². The Kier molecular flexibility index (Phi) is 3.86. The predicted octanol–water partition coefficient (Wildman–Crippen LogP) is 3.76. The lowest BCUT2D eigenvalue weighted by atomic mass is 9.98. The highest BCUT2D eigenvalue weighted by atomic mass is 16.1. The van der Waals surface area contributed by atoms with E-state index in [-0.39, 0.29) is 5.69 Å². The lowest BCUT2D eigenvalue weighted by Crippen LogP contribution is -2.22. The summed E-state index contributed by atoms with van der Waals surface area (Å²) in [5.41, 5.74) is 6.15. The van der Waals surface area contributed by atoms with Crippen molar-refractivity contribution in [3.63, 3.8) is 0 Å². The topological polar surface area (TPSA) is 50.7 Å². The van der Waals surface area contributed by atoms with Crippen molar-refractivity contribution in [3.8, 4) is 17.2 Å². The van der Waals surface area contributed by atoms with Crippen LogP contribution in [0.2, 0.25) is 0 Å². The van der Waals surface area contributed by atoms with Gasteiger partial charge in [0.1, 0.15) is 0 Å². The van der Waals surface area contributed by atoms with E-state index in [0.717, 1.165) is 33.3 Å². The molecule has 0 aliphatic carbocycles. The molecule has 0 radical (unpaired) electrons. The zero-order valence-electron chi connectivity index (χ0n) is 14.1. The largest absolute Gasteiger partial charge is 0.329 e. The van der Waals surface area contributed by atoms with Gasteiger partial charge in [-0.25, -0.2) is 4.79 Å². The van der Waals surface area contributed by atoms with Crippen molar-refractivity contribution in [2.75, 3.05) is 0 Å². The van der Waals surface area contributed by atoms with E-state index < -0.39 is 0 Å². The van der Waals surface area contributed by atoms with Crippen LogP contribution >= 0.6 is 0 Å². The highest BCUT2D eigenvalue weighted by molar-refractivity contribution is 5.84. The smallest absolute Gasteiger partial charge is 0.295 e. The highest BCUT2D eigenvalue weighted by Crippen LogP contribution is 2.27. The van der Waals surface area contributed by atoms with Gasteiger partial charge in [0.2, 0.25) is 0 Å². The molecule has 24 heavy (non-hydrogen) atoms. The van der Waals surface area contributed by atoms with Gasteiger partial charge in [-0.05, 0) is 43.2 Å². The summed E-state index contributed by atoms with van der Waals surface area (Å²) in [6, 6.07) is 13.9. The number of nitriles is 1. The van der Waals surface area contributed by atoms with E-state index in [2.05, 4.69) is 12.6 Å². The Morgan fingerprint density at radius 1 is 1.21 bits per heavy atom. The van der Waals surface area contributed by atoms with Crippen molar-refractivity contribution in [1.82, 2.24) is 9.13 Å². The Morgan fingerprint density at radius 3 is 2.62 bits per heavy atom. The molecule has 0 atom stereocenters. The average Bonchev–Trinajstić information content (AvgIpc) is 2.79. The molecule has 0 aliphatic heterocycles. The number of aromatic nitrogens is 2. The maximum atomic E-state index is 12.5. The summed E-state index contributed by atoms with van der Waals surface area (Å²) in [4.78, 5) is 12.5. The van der Waals surface area contributed by atoms with Crippen LogP contribution in [0.15, 0.2) is 53.3 Å². The second-order valence-electron chi connectivity index (χ2n) is 6.25. The third-order valence-corrected chi connectivity index (χ3v) is 4.18. The summed E-state index contributed by atoms with van der Waals surface area (Å²) in [6.07, 6.45) is 0. The Bertz CT molecular complexity index is 1060. The molecule has 0 saturated carbocycles. The van der Waals surface area contributed by atoms with E-state index in [1.807, 2.05) is 50.2 Å². The minimum Gasteiger partial charge on any atom is -0.295 e. The zero-order chi connectivity index (χ0) is 17.4. The molecule has 0 amide bonds. The fraction of sp³-hybridized carbons (Fsp3) is 0.200. The molecule has 4 nitrogen and oxygen atoms in total. The Labute approximate surface area is 140 Å². The lowest BCUT2D eigenvalue weighted by Gasteiger charge is -2.07. The van der Waals surface area contributed by atoms with Crippen LogP contribution in [-0.4, -0.2) is 9.13 Å². The number of imidazole rings is 1. The maximum Gasteiger partial charge on any atom is 0.329 e. The lowest BCUT2D eigenvalue weighted by molar-refractivity contribution is 0.728. The standard InChI is InChI=1S/C20H19N3O/c1-13(2)12-23-18-8-7-15(10-19(18)22(4)20(23)24)17-9-14(3)5-6-16(17)11-21/h5-10H,1,12H2,2-4H3. The van der Waals surface area contributed by atoms with Crippen LogP contribution < -0.4 is 5.69 Å². The molecule has 0 fully saturated rings. The average molecular weight is 317 g/mol. The van der Waals surface area contributed by atoms with E-state index in [4.69, 9.17) is 0 Å². The van der Waals surface area contributed by atoms with Gasteiger partial charge in [-0.2, -0.15) is 5.26 Å². The third kappa shape index (κ3) is 2.55. The summed E-state index contributed by atoms with van der Waals surface area (Å²) in [5, 5.41) is 9.37. The van der Waals surface area contributed by atoms with Crippen molar-refractivity contribution in [1.29, 1.82) is 5.26 Å². The summed E-state index contributed by atoms with van der Waals surface area (Å²) >= 11 is 0. The van der Waals surface area contributed by atoms with Crippen LogP contribution in [0.3, 0.4) is 0 Å². The second-order valence-corrected chi connectivity index (χ2v) is 6.25. The molecule has 0 unspecified atom stereocenters. The zero-order valence-corrected chi connectivity index (χ0v) is 14.1. The molecular weight excluding hydrogens is 298 g/mol. The molecule has 3 rings (SSSR count). The van der Waals surface area contributed by atoms with E-state index in [1.165, 1.54) is 0 Å². The van der Waals surface area contributed by atoms with Gasteiger partial charge in [0.25, 0.3) is 0 Å². The van der Waals surface area contributed by atoms with Gasteiger partial charge in [0.05, 0.1) is 22.7 Å². The van der Waals surface area contributed by atoms with Gasteiger partial charge in [-0.1, -0.05) is 35.9 Å². The molecule has 1 aromatic heterocycles. The molecule has 3 aromatic rings. The molecule has 0 saturated heterocycles. The second kappa shape index (κ2) is 5.86. The van der Waals surface area contributed by atoms with Crippen molar-refractivity contribution in [2.24, 2.45) is 7.05 Å². The number of hydrogen-bond acceptors (Lipinski definition) is 2. The summed E-state index contributed by atoms with van der Waals surface area (Å²) in [6.45, 7) is 8.31. The molecule has 1 heterocycles. The summed E-state index contributed by atoms with van der Waals surface area (Å²) in [5.74, 6) is 0. The fourth-order valence-corrected chi connectivity index (χ4v) is 2.99. The Morgan fingerprint density at radius 2 is 1.96 bits per heavy atom. The van der Waals surface area contributed by atoms with Crippen LogP contribution in [0.1, 0.15) is 18.1 Å². The molecule has 0 bridgehead atoms. The van der Waals surface area contributed by atoms with Gasteiger partial charge in [0, 0.05) is 13.6 Å². The van der Waals surface area contributed by atoms with Gasteiger partial charge >= 0.3 is 5.69 Å². The van der Waals surface area contributed by atoms with Crippen LogP contribution in [0.25, 0.3) is 22.2 Å². The fourth-order valence-electron chi connectivity index (χ4n) is 2.99. The van der Waals surface area contributed by atoms with Crippen LogP contribution in [0.5, 0.6) is 0 Å². The first-order valence-corrected chi connectivity index (χ1v) is 7.77. The first kappa shape index (κ1) is 15.8. The van der Waals surface area contributed by atoms with E-state index in [1.54, 1.807) is 16.2 Å². The van der Waals surface area contributed by atoms with E-state index >= 15 is 0 Å². The van der Waals surface area contributed by atoms with Gasteiger partial charge in [-0.3, -0.25) is 9.13 Å². The number of fused-ring (bicyclic) bond motifs is 1. The highest BCUT2D eigenvalue weighted by Gasteiger charge is 2.13. The molecule has 0 aliphatic rings. The SMILES string of the molecule is C=C(C)Cn1c(=O)n(C)c2cc(-c3cc(C)ccc3C#N)ccc21. The molecule has 4 heteroatoms. The number of hydrogen-bond donors (Lipinski definition) is 0. The van der Waals surface area contributed by atoms with Crippen LogP contribution in [-0.2, 0) is 13.6 Å². The van der Waals surface area contributed by atoms with Crippen LogP contribution in [0, 0.1) is 18.3 Å². The first-order chi connectivity index (χ1) is 11.4. The van der Waals surface area contributed by atoms with E-state index in [9.17, 15) is 10.1 Å². The molecule has 0 spiro atoms. The normalized spacial score (nSPS) is 10.8. The first-order valence-electron chi connectivity index (χ1n) is 7.77. The molecule has 120 valence electrons. The van der Waals surface area contributed by atoms with Crippen LogP contribution in [0.4, 0.5) is 0 Å². The summed E-state index contributed by atoms with van der Waals surface area (Å²) in [7, 11) is 1.77. The predicted molar refractivity (Wildman–Crippen MR) is 96.9 cm³/mol. The van der Waals surface area contributed by atoms with Gasteiger partial charge < -0.3 is 0 Å². The minimum absolute atomic E-state index is 0.0603. The number of nitrogens with zero attached hydrogens (tertiary/aromatic N) is 3. The molecular formula is C20H19N3O. The maximum absolute atomic E-state index is 12.5. The summed E-state index contributed by atoms with van der Waals surface area (Å²) < 4.78 is 3.37. The van der Waals surface area contributed by atoms with Crippen molar-refractivity contribution in [2.45, 2.75) is 20.4 Å². The van der Waals surface area contributed by atoms with Crippen molar-refractivity contribution < 1.29 is 0 Å².